The van der Waals surface area contributed by atoms with Crippen molar-refractivity contribution in [3.8, 4) is 5.75 Å². The van der Waals surface area contributed by atoms with E-state index in [1.54, 1.807) is 7.11 Å². The molecule has 6 nitrogen and oxygen atoms in total. The number of aryl methyl sites for hydroxylation is 1. The highest BCUT2D eigenvalue weighted by Gasteiger charge is 2.40. The number of carboxylic acids is 1. The Hall–Kier alpha value is -2.37. The van der Waals surface area contributed by atoms with E-state index < -0.39 is 17.9 Å². The van der Waals surface area contributed by atoms with Gasteiger partial charge in [-0.2, -0.15) is 0 Å². The van der Waals surface area contributed by atoms with Crippen LogP contribution in [0.15, 0.2) is 24.3 Å². The lowest BCUT2D eigenvalue weighted by Gasteiger charge is -2.37. The number of ether oxygens (including phenoxy) is 1. The van der Waals surface area contributed by atoms with Gasteiger partial charge in [0.25, 0.3) is 5.91 Å². The zero-order valence-electron chi connectivity index (χ0n) is 18.6. The van der Waals surface area contributed by atoms with Crippen LogP contribution in [-0.4, -0.2) is 47.4 Å². The molecular weight excluding hydrogens is 394 g/mol. The first-order valence-corrected chi connectivity index (χ1v) is 11.7. The molecule has 1 aromatic rings. The van der Waals surface area contributed by atoms with Crippen LogP contribution in [0.2, 0.25) is 0 Å². The van der Waals surface area contributed by atoms with E-state index in [0.717, 1.165) is 70.0 Å². The Kier molecular flexibility index (Phi) is 8.50. The summed E-state index contributed by atoms with van der Waals surface area (Å²) in [4.78, 5) is 38.6. The number of nitrogens with zero attached hydrogens (tertiary/aromatic N) is 1. The third-order valence-electron chi connectivity index (χ3n) is 6.93. The van der Waals surface area contributed by atoms with Crippen molar-refractivity contribution in [3.63, 3.8) is 0 Å². The van der Waals surface area contributed by atoms with Crippen molar-refractivity contribution in [2.24, 2.45) is 11.8 Å². The first kappa shape index (κ1) is 23.3. The molecule has 3 rings (SSSR count). The van der Waals surface area contributed by atoms with Crippen LogP contribution in [0.3, 0.4) is 0 Å². The maximum Gasteiger partial charge on any atom is 0.326 e. The van der Waals surface area contributed by atoms with E-state index >= 15 is 0 Å². The first-order chi connectivity index (χ1) is 15.0. The monoisotopic (exact) mass is 429 g/mol. The van der Waals surface area contributed by atoms with Crippen LogP contribution in [0.4, 0.5) is 0 Å². The number of methoxy groups -OCH3 is 1. The molecule has 1 saturated heterocycles. The summed E-state index contributed by atoms with van der Waals surface area (Å²) in [7, 11) is 1.66. The molecule has 0 radical (unpaired) electrons. The number of likely N-dealkylation sites (tertiary alicyclic amines) is 1. The molecule has 1 aromatic carbocycles. The fraction of sp³-hybridized carbons (Fsp3) is 0.640. The molecule has 1 aliphatic carbocycles. The largest absolute Gasteiger partial charge is 0.497 e. The van der Waals surface area contributed by atoms with E-state index in [1.165, 1.54) is 10.5 Å². The van der Waals surface area contributed by atoms with Crippen molar-refractivity contribution >= 4 is 17.7 Å². The van der Waals surface area contributed by atoms with Gasteiger partial charge in [0.2, 0.25) is 5.78 Å². The number of carboxylic acid groups (broad SMARTS) is 1. The number of amides is 1. The summed E-state index contributed by atoms with van der Waals surface area (Å²) in [6.45, 7) is 0.372. The van der Waals surface area contributed by atoms with Crippen LogP contribution in [0, 0.1) is 11.8 Å². The highest BCUT2D eigenvalue weighted by Crippen LogP contribution is 2.30. The van der Waals surface area contributed by atoms with Crippen molar-refractivity contribution in [1.29, 1.82) is 0 Å². The van der Waals surface area contributed by atoms with Crippen LogP contribution < -0.4 is 4.74 Å². The molecule has 0 spiro atoms. The van der Waals surface area contributed by atoms with Crippen LogP contribution >= 0.6 is 0 Å². The van der Waals surface area contributed by atoms with Gasteiger partial charge in [-0.25, -0.2) is 4.79 Å². The number of hydrogen-bond acceptors (Lipinski definition) is 4. The zero-order chi connectivity index (χ0) is 22.2. The summed E-state index contributed by atoms with van der Waals surface area (Å²) in [6, 6.07) is 7.21. The first-order valence-electron chi connectivity index (χ1n) is 11.7. The standard InChI is InChI=1S/C25H35NO5/c1-31-21-13-11-18(12-14-21)7-5-6-8-19-15-16-26(22(17-19)25(29)30)24(28)23(27)20-9-3-2-4-10-20/h11-14,19-20,22H,2-10,15-17H2,1H3,(H,29,30). The Morgan fingerprint density at radius 1 is 1.03 bits per heavy atom. The van der Waals surface area contributed by atoms with E-state index in [1.807, 2.05) is 12.1 Å². The summed E-state index contributed by atoms with van der Waals surface area (Å²) in [5.74, 6) is -1.02. The van der Waals surface area contributed by atoms with Gasteiger partial charge >= 0.3 is 5.97 Å². The number of hydrogen-bond donors (Lipinski definition) is 1. The molecule has 2 aliphatic rings. The third-order valence-corrected chi connectivity index (χ3v) is 6.93. The van der Waals surface area contributed by atoms with Gasteiger partial charge < -0.3 is 14.7 Å². The highest BCUT2D eigenvalue weighted by molar-refractivity contribution is 6.37. The second-order valence-corrected chi connectivity index (χ2v) is 9.04. The predicted molar refractivity (Wildman–Crippen MR) is 118 cm³/mol. The summed E-state index contributed by atoms with van der Waals surface area (Å²) >= 11 is 0. The molecule has 0 bridgehead atoms. The molecule has 6 heteroatoms. The van der Waals surface area contributed by atoms with Gasteiger partial charge in [-0.05, 0) is 62.1 Å². The van der Waals surface area contributed by atoms with Gasteiger partial charge in [-0.15, -0.1) is 0 Å². The molecule has 1 N–H and O–H groups in total. The van der Waals surface area contributed by atoms with Crippen LogP contribution in [0.1, 0.15) is 69.8 Å². The fourth-order valence-corrected chi connectivity index (χ4v) is 5.01. The molecule has 31 heavy (non-hydrogen) atoms. The summed E-state index contributed by atoms with van der Waals surface area (Å²) in [5, 5.41) is 9.72. The van der Waals surface area contributed by atoms with Gasteiger partial charge in [-0.1, -0.05) is 44.2 Å². The Bertz CT molecular complexity index is 754. The number of benzene rings is 1. The van der Waals surface area contributed by atoms with Crippen molar-refractivity contribution < 1.29 is 24.2 Å². The zero-order valence-corrected chi connectivity index (χ0v) is 18.6. The van der Waals surface area contributed by atoms with Gasteiger partial charge in [0.05, 0.1) is 7.11 Å². The van der Waals surface area contributed by atoms with Gasteiger partial charge in [0.1, 0.15) is 11.8 Å². The molecular formula is C25H35NO5. The van der Waals surface area contributed by atoms with Crippen molar-refractivity contribution in [2.75, 3.05) is 13.7 Å². The number of rotatable bonds is 9. The average molecular weight is 430 g/mol. The molecule has 2 unspecified atom stereocenters. The van der Waals surface area contributed by atoms with Crippen molar-refractivity contribution in [3.05, 3.63) is 29.8 Å². The maximum absolute atomic E-state index is 12.8. The topological polar surface area (TPSA) is 83.9 Å². The summed E-state index contributed by atoms with van der Waals surface area (Å²) < 4.78 is 5.18. The van der Waals surface area contributed by atoms with Gasteiger partial charge in [0, 0.05) is 12.5 Å². The smallest absolute Gasteiger partial charge is 0.326 e. The maximum atomic E-state index is 12.8. The summed E-state index contributed by atoms with van der Waals surface area (Å²) in [5.41, 5.74) is 1.27. The molecule has 1 amide bonds. The number of aliphatic carboxylic acids is 1. The van der Waals surface area contributed by atoms with Crippen molar-refractivity contribution in [1.82, 2.24) is 4.90 Å². The highest BCUT2D eigenvalue weighted by atomic mass is 16.5. The Balaban J connectivity index is 1.46. The van der Waals surface area contributed by atoms with E-state index in [-0.39, 0.29) is 17.6 Å². The quantitative estimate of drug-likeness (QED) is 0.469. The Morgan fingerprint density at radius 2 is 1.74 bits per heavy atom. The molecule has 2 fully saturated rings. The molecule has 1 aliphatic heterocycles. The van der Waals surface area contributed by atoms with Gasteiger partial charge in [0.15, 0.2) is 0 Å². The summed E-state index contributed by atoms with van der Waals surface area (Å²) in [6.07, 6.45) is 9.81. The lowest BCUT2D eigenvalue weighted by Crippen LogP contribution is -2.53. The predicted octanol–water partition coefficient (Wildman–Crippen LogP) is 4.25. The Morgan fingerprint density at radius 3 is 2.39 bits per heavy atom. The minimum absolute atomic E-state index is 0.216. The lowest BCUT2D eigenvalue weighted by molar-refractivity contribution is -0.157. The SMILES string of the molecule is COc1ccc(CCCCC2CCN(C(=O)C(=O)C3CCCCC3)C(C(=O)O)C2)cc1. The molecule has 170 valence electrons. The molecule has 1 heterocycles. The number of carbonyl (C=O) groups is 3. The Labute approximate surface area is 185 Å². The van der Waals surface area contributed by atoms with E-state index in [0.29, 0.717) is 13.0 Å². The molecule has 1 saturated carbocycles. The molecule has 2 atom stereocenters. The van der Waals surface area contributed by atoms with Gasteiger partial charge in [-0.3, -0.25) is 9.59 Å². The van der Waals surface area contributed by atoms with E-state index in [4.69, 9.17) is 4.74 Å². The second-order valence-electron chi connectivity index (χ2n) is 9.04. The van der Waals surface area contributed by atoms with Crippen LogP contribution in [0.5, 0.6) is 5.75 Å². The van der Waals surface area contributed by atoms with Crippen molar-refractivity contribution in [2.45, 2.75) is 76.7 Å². The van der Waals surface area contributed by atoms with Crippen LogP contribution in [-0.2, 0) is 20.8 Å². The lowest BCUT2D eigenvalue weighted by atomic mass is 9.83. The number of unbranched alkanes of at least 4 members (excludes halogenated alkanes) is 1. The number of carbonyl (C=O) groups excluding carboxylic acids is 2. The normalized spacial score (nSPS) is 22.2. The van der Waals surface area contributed by atoms with Crippen LogP contribution in [0.25, 0.3) is 0 Å². The average Bonchev–Trinajstić information content (AvgIpc) is 2.81. The number of piperidine rings is 1. The van der Waals surface area contributed by atoms with E-state index in [2.05, 4.69) is 12.1 Å². The molecule has 0 aromatic heterocycles. The second kappa shape index (κ2) is 11.3. The fourth-order valence-electron chi connectivity index (χ4n) is 5.01. The number of Topliss-reactive ketones (excluding diaryl/α,β-unsaturated/α-hetero) is 1. The minimum Gasteiger partial charge on any atom is -0.497 e. The van der Waals surface area contributed by atoms with E-state index in [9.17, 15) is 19.5 Å². The minimum atomic E-state index is -0.993. The number of ketones is 1. The third kappa shape index (κ3) is 6.31.